The number of ether oxygens (including phenoxy) is 2. The van der Waals surface area contributed by atoms with Crippen LogP contribution in [0.4, 0.5) is 0 Å². The summed E-state index contributed by atoms with van der Waals surface area (Å²) in [6, 6.07) is 7.73. The first-order valence-corrected chi connectivity index (χ1v) is 9.23. The van der Waals surface area contributed by atoms with E-state index in [0.717, 1.165) is 41.1 Å². The molecule has 3 rings (SSSR count). The second-order valence-corrected chi connectivity index (χ2v) is 7.16. The van der Waals surface area contributed by atoms with Crippen molar-refractivity contribution < 1.29 is 9.47 Å². The standard InChI is InChI=1S/C18H24N4O2S.HI/c1-12-13(2)25-17(22-12)8-9-20-18(19-3)21-10-14-11-23-15-6-4-5-7-16(15)24-14;/h4-7,14H,8-11H2,1-3H3,(H2,19,20,21);1H. The molecule has 6 nitrogen and oxygen atoms in total. The van der Waals surface area contributed by atoms with Gasteiger partial charge in [-0.3, -0.25) is 4.99 Å². The molecule has 8 heteroatoms. The number of hydrogen-bond donors (Lipinski definition) is 2. The van der Waals surface area contributed by atoms with E-state index < -0.39 is 0 Å². The number of nitrogens with one attached hydrogen (secondary N) is 2. The molecular formula is C18H25IN4O2S. The number of rotatable bonds is 5. The van der Waals surface area contributed by atoms with Gasteiger partial charge >= 0.3 is 0 Å². The fraction of sp³-hybridized carbons (Fsp3) is 0.444. The van der Waals surface area contributed by atoms with Gasteiger partial charge in [-0.15, -0.1) is 35.3 Å². The number of thiazole rings is 1. The van der Waals surface area contributed by atoms with Gasteiger partial charge in [-0.25, -0.2) is 4.98 Å². The molecule has 2 N–H and O–H groups in total. The number of benzene rings is 1. The molecular weight excluding hydrogens is 463 g/mol. The van der Waals surface area contributed by atoms with Gasteiger partial charge < -0.3 is 20.1 Å². The molecule has 1 aromatic heterocycles. The fourth-order valence-corrected chi connectivity index (χ4v) is 3.46. The van der Waals surface area contributed by atoms with Crippen LogP contribution in [-0.4, -0.2) is 43.8 Å². The number of aromatic nitrogens is 1. The minimum atomic E-state index is -0.0438. The molecule has 0 fully saturated rings. The lowest BCUT2D eigenvalue weighted by Gasteiger charge is -2.27. The summed E-state index contributed by atoms with van der Waals surface area (Å²) >= 11 is 1.76. The summed E-state index contributed by atoms with van der Waals surface area (Å²) in [7, 11) is 1.76. The molecule has 2 aromatic rings. The number of aliphatic imine (C=N–C) groups is 1. The van der Waals surface area contributed by atoms with Crippen LogP contribution in [0.15, 0.2) is 29.3 Å². The van der Waals surface area contributed by atoms with Gasteiger partial charge in [0.05, 0.1) is 17.2 Å². The first-order valence-electron chi connectivity index (χ1n) is 8.41. The second-order valence-electron chi connectivity index (χ2n) is 5.88. The molecule has 142 valence electrons. The van der Waals surface area contributed by atoms with Crippen LogP contribution < -0.4 is 20.1 Å². The summed E-state index contributed by atoms with van der Waals surface area (Å²) < 4.78 is 11.7. The number of halogens is 1. The van der Waals surface area contributed by atoms with Gasteiger partial charge in [0.2, 0.25) is 0 Å². The number of nitrogens with zero attached hydrogens (tertiary/aromatic N) is 2. The maximum absolute atomic E-state index is 5.94. The summed E-state index contributed by atoms with van der Waals surface area (Å²) in [5.74, 6) is 2.35. The highest BCUT2D eigenvalue weighted by Crippen LogP contribution is 2.30. The molecule has 1 aliphatic rings. The summed E-state index contributed by atoms with van der Waals surface area (Å²) in [6.07, 6.45) is 0.842. The SMILES string of the molecule is CN=C(NCCc1nc(C)c(C)s1)NCC1COc2ccccc2O1.I. The average molecular weight is 488 g/mol. The van der Waals surface area contributed by atoms with E-state index in [9.17, 15) is 0 Å². The van der Waals surface area contributed by atoms with E-state index in [2.05, 4.69) is 27.5 Å². The van der Waals surface area contributed by atoms with Crippen LogP contribution in [0, 0.1) is 13.8 Å². The Morgan fingerprint density at radius 3 is 2.73 bits per heavy atom. The Balaban J connectivity index is 0.00000243. The zero-order valence-electron chi connectivity index (χ0n) is 15.2. The van der Waals surface area contributed by atoms with E-state index in [1.54, 1.807) is 18.4 Å². The van der Waals surface area contributed by atoms with E-state index in [4.69, 9.17) is 9.47 Å². The zero-order chi connectivity index (χ0) is 17.6. The van der Waals surface area contributed by atoms with Crippen molar-refractivity contribution in [3.8, 4) is 11.5 Å². The molecule has 0 spiro atoms. The Bertz CT molecular complexity index is 731. The Morgan fingerprint density at radius 2 is 2.04 bits per heavy atom. The molecule has 1 aliphatic heterocycles. The Morgan fingerprint density at radius 1 is 1.27 bits per heavy atom. The van der Waals surface area contributed by atoms with Crippen LogP contribution in [0.3, 0.4) is 0 Å². The number of hydrogen-bond acceptors (Lipinski definition) is 5. The molecule has 0 aliphatic carbocycles. The van der Waals surface area contributed by atoms with Crippen LogP contribution >= 0.6 is 35.3 Å². The quantitative estimate of drug-likeness (QED) is 0.385. The Kier molecular flexibility index (Phi) is 7.95. The number of aryl methyl sites for hydroxylation is 2. The van der Waals surface area contributed by atoms with Crippen LogP contribution in [0.2, 0.25) is 0 Å². The van der Waals surface area contributed by atoms with E-state index >= 15 is 0 Å². The highest BCUT2D eigenvalue weighted by molar-refractivity contribution is 14.0. The van der Waals surface area contributed by atoms with E-state index in [1.165, 1.54) is 4.88 Å². The topological polar surface area (TPSA) is 67.8 Å². The van der Waals surface area contributed by atoms with Crippen molar-refractivity contribution >= 4 is 41.3 Å². The van der Waals surface area contributed by atoms with Gasteiger partial charge in [0.25, 0.3) is 0 Å². The van der Waals surface area contributed by atoms with Gasteiger partial charge in [0, 0.05) is 24.9 Å². The Hall–Kier alpha value is -1.55. The minimum Gasteiger partial charge on any atom is -0.486 e. The first-order chi connectivity index (χ1) is 12.2. The van der Waals surface area contributed by atoms with Gasteiger partial charge in [0.15, 0.2) is 17.5 Å². The third-order valence-electron chi connectivity index (χ3n) is 3.99. The first kappa shape index (κ1) is 20.8. The fourth-order valence-electron chi connectivity index (χ4n) is 2.53. The van der Waals surface area contributed by atoms with Crippen LogP contribution in [-0.2, 0) is 6.42 Å². The van der Waals surface area contributed by atoms with Crippen molar-refractivity contribution in [2.75, 3.05) is 26.7 Å². The highest BCUT2D eigenvalue weighted by atomic mass is 127. The number of fused-ring (bicyclic) bond motifs is 1. The maximum Gasteiger partial charge on any atom is 0.191 e. The average Bonchev–Trinajstić information content (AvgIpc) is 2.95. The van der Waals surface area contributed by atoms with Crippen LogP contribution in [0.25, 0.3) is 0 Å². The molecule has 0 saturated heterocycles. The molecule has 1 aromatic carbocycles. The third-order valence-corrected chi connectivity index (χ3v) is 5.13. The minimum absolute atomic E-state index is 0. The largest absolute Gasteiger partial charge is 0.486 e. The normalized spacial score (nSPS) is 16.0. The lowest BCUT2D eigenvalue weighted by molar-refractivity contribution is 0.0936. The van der Waals surface area contributed by atoms with Crippen LogP contribution in [0.5, 0.6) is 11.5 Å². The second kappa shape index (κ2) is 9.96. The molecule has 1 atom stereocenters. The summed E-state index contributed by atoms with van der Waals surface area (Å²) in [5, 5.41) is 7.76. The van der Waals surface area contributed by atoms with Crippen molar-refractivity contribution in [3.05, 3.63) is 39.8 Å². The molecule has 0 amide bonds. The van der Waals surface area contributed by atoms with Crippen molar-refractivity contribution in [3.63, 3.8) is 0 Å². The predicted octanol–water partition coefficient (Wildman–Crippen LogP) is 2.93. The van der Waals surface area contributed by atoms with Crippen molar-refractivity contribution in [2.45, 2.75) is 26.4 Å². The van der Waals surface area contributed by atoms with E-state index in [1.807, 2.05) is 31.2 Å². The van der Waals surface area contributed by atoms with Crippen molar-refractivity contribution in [1.29, 1.82) is 0 Å². The lowest BCUT2D eigenvalue weighted by atomic mass is 10.2. The number of para-hydroxylation sites is 2. The highest BCUT2D eigenvalue weighted by Gasteiger charge is 2.20. The predicted molar refractivity (Wildman–Crippen MR) is 116 cm³/mol. The molecule has 0 radical (unpaired) electrons. The van der Waals surface area contributed by atoms with Crippen molar-refractivity contribution in [1.82, 2.24) is 15.6 Å². The summed E-state index contributed by atoms with van der Waals surface area (Å²) in [4.78, 5) is 10.1. The van der Waals surface area contributed by atoms with Crippen LogP contribution in [0.1, 0.15) is 15.6 Å². The molecule has 0 bridgehead atoms. The molecule has 0 saturated carbocycles. The maximum atomic E-state index is 5.94. The van der Waals surface area contributed by atoms with Gasteiger partial charge in [0.1, 0.15) is 12.7 Å². The van der Waals surface area contributed by atoms with Gasteiger partial charge in [-0.05, 0) is 26.0 Å². The number of guanidine groups is 1. The van der Waals surface area contributed by atoms with Gasteiger partial charge in [-0.1, -0.05) is 12.1 Å². The zero-order valence-corrected chi connectivity index (χ0v) is 18.4. The smallest absolute Gasteiger partial charge is 0.191 e. The van der Waals surface area contributed by atoms with E-state index in [0.29, 0.717) is 13.2 Å². The van der Waals surface area contributed by atoms with Crippen molar-refractivity contribution in [2.24, 2.45) is 4.99 Å². The molecule has 2 heterocycles. The molecule has 26 heavy (non-hydrogen) atoms. The monoisotopic (exact) mass is 488 g/mol. The summed E-state index contributed by atoms with van der Waals surface area (Å²) in [6.45, 7) is 6.10. The summed E-state index contributed by atoms with van der Waals surface area (Å²) in [5.41, 5.74) is 1.12. The third kappa shape index (κ3) is 5.47. The lowest BCUT2D eigenvalue weighted by Crippen LogP contribution is -2.45. The van der Waals surface area contributed by atoms with Gasteiger partial charge in [-0.2, -0.15) is 0 Å². The van der Waals surface area contributed by atoms with E-state index in [-0.39, 0.29) is 30.1 Å². The Labute approximate surface area is 175 Å². The molecule has 1 unspecified atom stereocenters.